The van der Waals surface area contributed by atoms with Crippen LogP contribution in [0, 0.1) is 0 Å². The molecule has 0 atom stereocenters. The van der Waals surface area contributed by atoms with E-state index in [1.54, 1.807) is 24.3 Å². The van der Waals surface area contributed by atoms with Gasteiger partial charge in [-0.1, -0.05) is 23.7 Å². The monoisotopic (exact) mass is 271 g/mol. The number of halogens is 1. The number of nitrogens with two attached hydrogens (primary N) is 1. The molecule has 0 aliphatic heterocycles. The lowest BCUT2D eigenvalue weighted by Gasteiger charge is -1.98. The van der Waals surface area contributed by atoms with Crippen LogP contribution in [0.4, 0.5) is 6.01 Å². The standard InChI is InChI=1S/C14H10ClN3O/c15-10-7-5-9(6-8-10)13(16)18-14-17-11-3-1-2-4-12(11)19-14/h1-8H,(H2,16,17,18). The van der Waals surface area contributed by atoms with Crippen molar-refractivity contribution < 1.29 is 4.42 Å². The predicted molar refractivity (Wildman–Crippen MR) is 75.8 cm³/mol. The molecule has 0 aliphatic rings. The minimum Gasteiger partial charge on any atom is -0.422 e. The number of para-hydroxylation sites is 2. The minimum absolute atomic E-state index is 0.244. The van der Waals surface area contributed by atoms with Gasteiger partial charge in [-0.15, -0.1) is 0 Å². The maximum Gasteiger partial charge on any atom is 0.324 e. The first-order chi connectivity index (χ1) is 9.22. The molecule has 2 N–H and O–H groups in total. The highest BCUT2D eigenvalue weighted by molar-refractivity contribution is 6.30. The average Bonchev–Trinajstić information content (AvgIpc) is 2.81. The van der Waals surface area contributed by atoms with Gasteiger partial charge < -0.3 is 10.2 Å². The average molecular weight is 272 g/mol. The number of fused-ring (bicyclic) bond motifs is 1. The SMILES string of the molecule is N/C(=N\c1nc2ccccc2o1)c1ccc(Cl)cc1. The summed E-state index contributed by atoms with van der Waals surface area (Å²) in [5, 5.41) is 0.651. The van der Waals surface area contributed by atoms with Crippen LogP contribution in [-0.4, -0.2) is 10.8 Å². The normalized spacial score (nSPS) is 11.9. The molecule has 0 bridgehead atoms. The molecular weight excluding hydrogens is 262 g/mol. The van der Waals surface area contributed by atoms with Crippen molar-refractivity contribution >= 4 is 34.6 Å². The topological polar surface area (TPSA) is 64.4 Å². The molecule has 0 radical (unpaired) electrons. The Morgan fingerprint density at radius 2 is 1.84 bits per heavy atom. The lowest BCUT2D eigenvalue weighted by atomic mass is 10.2. The van der Waals surface area contributed by atoms with E-state index in [0.29, 0.717) is 16.4 Å². The Hall–Kier alpha value is -2.33. The summed E-state index contributed by atoms with van der Waals surface area (Å²) in [5.74, 6) is 0.336. The van der Waals surface area contributed by atoms with Crippen molar-refractivity contribution in [2.45, 2.75) is 0 Å². The van der Waals surface area contributed by atoms with Gasteiger partial charge in [0.2, 0.25) is 0 Å². The van der Waals surface area contributed by atoms with Crippen LogP contribution in [0.5, 0.6) is 0 Å². The zero-order chi connectivity index (χ0) is 13.2. The number of oxazole rings is 1. The largest absolute Gasteiger partial charge is 0.422 e. The third-order valence-corrected chi connectivity index (χ3v) is 2.89. The Morgan fingerprint density at radius 3 is 2.58 bits per heavy atom. The van der Waals surface area contributed by atoms with E-state index in [1.165, 1.54) is 0 Å². The number of rotatable bonds is 2. The molecule has 94 valence electrons. The highest BCUT2D eigenvalue weighted by atomic mass is 35.5. The van der Waals surface area contributed by atoms with Crippen molar-refractivity contribution in [2.24, 2.45) is 10.7 Å². The van der Waals surface area contributed by atoms with E-state index in [2.05, 4.69) is 9.98 Å². The fourth-order valence-electron chi connectivity index (χ4n) is 1.70. The summed E-state index contributed by atoms with van der Waals surface area (Å²) < 4.78 is 5.48. The number of benzene rings is 2. The van der Waals surface area contributed by atoms with Crippen LogP contribution < -0.4 is 5.73 Å². The lowest BCUT2D eigenvalue weighted by Crippen LogP contribution is -2.12. The van der Waals surface area contributed by atoms with Crippen molar-refractivity contribution in [1.29, 1.82) is 0 Å². The van der Waals surface area contributed by atoms with E-state index >= 15 is 0 Å². The van der Waals surface area contributed by atoms with Crippen molar-refractivity contribution in [3.05, 3.63) is 59.1 Å². The van der Waals surface area contributed by atoms with Gasteiger partial charge in [-0.3, -0.25) is 0 Å². The molecule has 3 rings (SSSR count). The number of aliphatic imine (C=N–C) groups is 1. The van der Waals surface area contributed by atoms with Gasteiger partial charge in [0, 0.05) is 10.6 Å². The Morgan fingerprint density at radius 1 is 1.11 bits per heavy atom. The summed E-state index contributed by atoms with van der Waals surface area (Å²) in [5.41, 5.74) is 8.12. The molecule has 1 heterocycles. The quantitative estimate of drug-likeness (QED) is 0.573. The molecule has 0 spiro atoms. The predicted octanol–water partition coefficient (Wildman–Crippen LogP) is 3.52. The third-order valence-electron chi connectivity index (χ3n) is 2.64. The van der Waals surface area contributed by atoms with Gasteiger partial charge in [-0.05, 0) is 36.4 Å². The zero-order valence-corrected chi connectivity index (χ0v) is 10.6. The van der Waals surface area contributed by atoms with Crippen LogP contribution >= 0.6 is 11.6 Å². The zero-order valence-electron chi connectivity index (χ0n) is 9.88. The van der Waals surface area contributed by atoms with Gasteiger partial charge >= 0.3 is 6.01 Å². The number of nitrogens with zero attached hydrogens (tertiary/aromatic N) is 2. The first-order valence-electron chi connectivity index (χ1n) is 5.68. The molecule has 0 saturated carbocycles. The molecule has 1 aromatic heterocycles. The second-order valence-corrected chi connectivity index (χ2v) is 4.40. The second kappa shape index (κ2) is 4.74. The van der Waals surface area contributed by atoms with Crippen LogP contribution in [0.2, 0.25) is 5.02 Å². The fourth-order valence-corrected chi connectivity index (χ4v) is 1.82. The van der Waals surface area contributed by atoms with Crippen LogP contribution in [0.25, 0.3) is 11.1 Å². The van der Waals surface area contributed by atoms with E-state index in [1.807, 2.05) is 24.3 Å². The first kappa shape index (κ1) is 11.7. The van der Waals surface area contributed by atoms with Crippen molar-refractivity contribution in [3.8, 4) is 0 Å². The molecule has 2 aromatic carbocycles. The van der Waals surface area contributed by atoms with Crippen LogP contribution in [0.15, 0.2) is 57.9 Å². The molecule has 0 saturated heterocycles. The Kier molecular flexibility index (Phi) is 2.93. The molecule has 0 fully saturated rings. The molecule has 3 aromatic rings. The first-order valence-corrected chi connectivity index (χ1v) is 6.06. The summed E-state index contributed by atoms with van der Waals surface area (Å²) in [6, 6.07) is 14.8. The van der Waals surface area contributed by atoms with Crippen molar-refractivity contribution in [2.75, 3.05) is 0 Å². The van der Waals surface area contributed by atoms with Crippen LogP contribution in [-0.2, 0) is 0 Å². The maximum absolute atomic E-state index is 5.91. The summed E-state index contributed by atoms with van der Waals surface area (Å²) >= 11 is 5.82. The number of hydrogen-bond donors (Lipinski definition) is 1. The molecule has 19 heavy (non-hydrogen) atoms. The summed E-state index contributed by atoms with van der Waals surface area (Å²) in [4.78, 5) is 8.41. The number of hydrogen-bond acceptors (Lipinski definition) is 3. The second-order valence-electron chi connectivity index (χ2n) is 3.97. The van der Waals surface area contributed by atoms with Crippen molar-refractivity contribution in [1.82, 2.24) is 4.98 Å². The molecule has 0 amide bonds. The molecule has 5 heteroatoms. The Bertz CT molecular complexity index is 714. The van der Waals surface area contributed by atoms with E-state index in [-0.39, 0.29) is 6.01 Å². The van der Waals surface area contributed by atoms with Gasteiger partial charge in [0.05, 0.1) is 0 Å². The van der Waals surface area contributed by atoms with Crippen molar-refractivity contribution in [3.63, 3.8) is 0 Å². The highest BCUT2D eigenvalue weighted by Crippen LogP contribution is 2.21. The molecule has 0 unspecified atom stereocenters. The maximum atomic E-state index is 5.91. The highest BCUT2D eigenvalue weighted by Gasteiger charge is 2.05. The molecular formula is C14H10ClN3O. The smallest absolute Gasteiger partial charge is 0.324 e. The summed E-state index contributed by atoms with van der Waals surface area (Å²) in [6.07, 6.45) is 0. The van der Waals surface area contributed by atoms with Gasteiger partial charge in [0.15, 0.2) is 5.58 Å². The van der Waals surface area contributed by atoms with Gasteiger partial charge in [-0.25, -0.2) is 0 Å². The minimum atomic E-state index is 0.244. The van der Waals surface area contributed by atoms with E-state index in [0.717, 1.165) is 11.1 Å². The van der Waals surface area contributed by atoms with Gasteiger partial charge in [0.25, 0.3) is 0 Å². The third kappa shape index (κ3) is 2.44. The molecule has 4 nitrogen and oxygen atoms in total. The Labute approximate surface area is 114 Å². The van der Waals surface area contributed by atoms with E-state index in [9.17, 15) is 0 Å². The van der Waals surface area contributed by atoms with Gasteiger partial charge in [0.1, 0.15) is 11.4 Å². The van der Waals surface area contributed by atoms with Gasteiger partial charge in [-0.2, -0.15) is 9.98 Å². The summed E-state index contributed by atoms with van der Waals surface area (Å²) in [7, 11) is 0. The van der Waals surface area contributed by atoms with Crippen LogP contribution in [0.3, 0.4) is 0 Å². The molecule has 0 aliphatic carbocycles. The van der Waals surface area contributed by atoms with E-state index < -0.39 is 0 Å². The number of aromatic nitrogens is 1. The summed E-state index contributed by atoms with van der Waals surface area (Å²) in [6.45, 7) is 0. The fraction of sp³-hybridized carbons (Fsp3) is 0. The van der Waals surface area contributed by atoms with E-state index in [4.69, 9.17) is 21.8 Å². The van der Waals surface area contributed by atoms with Crippen LogP contribution in [0.1, 0.15) is 5.56 Å². The Balaban J connectivity index is 1.97. The number of amidine groups is 1. The lowest BCUT2D eigenvalue weighted by molar-refractivity contribution is 0.613.